The van der Waals surface area contributed by atoms with E-state index in [2.05, 4.69) is 5.32 Å². The van der Waals surface area contributed by atoms with Crippen molar-refractivity contribution in [2.24, 2.45) is 0 Å². The Morgan fingerprint density at radius 2 is 2.04 bits per heavy atom. The molecule has 134 valence electrons. The third-order valence-electron chi connectivity index (χ3n) is 3.64. The molecular formula is C16H26N3O5+. The van der Waals surface area contributed by atoms with Crippen LogP contribution in [0.4, 0.5) is 4.79 Å². The number of ether oxygens (including phenoxy) is 2. The molecule has 1 atom stereocenters. The first-order valence-corrected chi connectivity index (χ1v) is 8.17. The standard InChI is InChI=1S/C16H25N3O5/c20-13-1-3-15(4-2-13)24-12-14(21)11-17-5-6-18-16(22)19-7-9-23-10-8-19/h1-4,14,17,20-21H,5-12H2,(H,18,22)/p+1/t14-/m0/s1. The van der Waals surface area contributed by atoms with Crippen LogP contribution in [0.15, 0.2) is 24.3 Å². The first-order chi connectivity index (χ1) is 11.6. The zero-order valence-electron chi connectivity index (χ0n) is 13.7. The number of phenolic OH excluding ortho intramolecular Hbond substituents is 1. The van der Waals surface area contributed by atoms with Gasteiger partial charge in [-0.2, -0.15) is 0 Å². The van der Waals surface area contributed by atoms with Crippen molar-refractivity contribution >= 4 is 6.03 Å². The number of rotatable bonds is 8. The molecule has 1 heterocycles. The van der Waals surface area contributed by atoms with E-state index in [4.69, 9.17) is 9.47 Å². The van der Waals surface area contributed by atoms with Gasteiger partial charge in [-0.1, -0.05) is 0 Å². The second-order valence-electron chi connectivity index (χ2n) is 5.60. The van der Waals surface area contributed by atoms with Crippen molar-refractivity contribution in [3.8, 4) is 11.5 Å². The number of hydrogen-bond acceptors (Lipinski definition) is 5. The van der Waals surface area contributed by atoms with Crippen molar-refractivity contribution in [2.45, 2.75) is 6.10 Å². The predicted molar refractivity (Wildman–Crippen MR) is 87.1 cm³/mol. The van der Waals surface area contributed by atoms with Crippen LogP contribution in [0.5, 0.6) is 11.5 Å². The summed E-state index contributed by atoms with van der Waals surface area (Å²) in [7, 11) is 0. The fourth-order valence-electron chi connectivity index (χ4n) is 2.27. The van der Waals surface area contributed by atoms with Crippen molar-refractivity contribution in [3.63, 3.8) is 0 Å². The molecular weight excluding hydrogens is 314 g/mol. The molecule has 1 aliphatic rings. The Bertz CT molecular complexity index is 491. The number of nitrogens with one attached hydrogen (secondary N) is 1. The molecule has 0 spiro atoms. The van der Waals surface area contributed by atoms with Gasteiger partial charge in [-0.15, -0.1) is 0 Å². The number of phenols is 1. The Morgan fingerprint density at radius 1 is 1.33 bits per heavy atom. The molecule has 24 heavy (non-hydrogen) atoms. The minimum Gasteiger partial charge on any atom is -0.508 e. The van der Waals surface area contributed by atoms with Crippen LogP contribution in [0.3, 0.4) is 0 Å². The molecule has 0 unspecified atom stereocenters. The van der Waals surface area contributed by atoms with E-state index in [-0.39, 0.29) is 18.4 Å². The average Bonchev–Trinajstić information content (AvgIpc) is 2.61. The zero-order valence-corrected chi connectivity index (χ0v) is 13.7. The number of carbonyl (C=O) groups is 1. The van der Waals surface area contributed by atoms with Crippen molar-refractivity contribution in [1.29, 1.82) is 0 Å². The lowest BCUT2D eigenvalue weighted by atomic mass is 10.3. The summed E-state index contributed by atoms with van der Waals surface area (Å²) in [5.74, 6) is 0.778. The Morgan fingerprint density at radius 3 is 2.75 bits per heavy atom. The van der Waals surface area contributed by atoms with Gasteiger partial charge in [0.15, 0.2) is 0 Å². The van der Waals surface area contributed by atoms with E-state index in [1.54, 1.807) is 17.0 Å². The molecule has 0 bridgehead atoms. The lowest BCUT2D eigenvalue weighted by Gasteiger charge is -2.26. The highest BCUT2D eigenvalue weighted by Gasteiger charge is 2.16. The van der Waals surface area contributed by atoms with E-state index >= 15 is 0 Å². The van der Waals surface area contributed by atoms with E-state index < -0.39 is 6.10 Å². The summed E-state index contributed by atoms with van der Waals surface area (Å²) in [6.45, 7) is 4.34. The smallest absolute Gasteiger partial charge is 0.317 e. The normalized spacial score (nSPS) is 15.8. The van der Waals surface area contributed by atoms with Gasteiger partial charge in [0.2, 0.25) is 0 Å². The number of aliphatic hydroxyl groups is 1. The maximum Gasteiger partial charge on any atom is 0.317 e. The Balaban J connectivity index is 1.50. The van der Waals surface area contributed by atoms with Gasteiger partial charge in [-0.25, -0.2) is 4.79 Å². The highest BCUT2D eigenvalue weighted by molar-refractivity contribution is 5.74. The number of quaternary nitrogens is 1. The first-order valence-electron chi connectivity index (χ1n) is 8.17. The third kappa shape index (κ3) is 6.61. The van der Waals surface area contributed by atoms with E-state index in [1.165, 1.54) is 12.1 Å². The summed E-state index contributed by atoms with van der Waals surface area (Å²) in [4.78, 5) is 13.6. The van der Waals surface area contributed by atoms with E-state index in [0.29, 0.717) is 51.7 Å². The highest BCUT2D eigenvalue weighted by Crippen LogP contribution is 2.15. The molecule has 1 fully saturated rings. The SMILES string of the molecule is O=C(NCC[NH2+]C[C@H](O)COc1ccc(O)cc1)N1CCOCC1. The molecule has 0 aromatic heterocycles. The van der Waals surface area contributed by atoms with Gasteiger partial charge in [0, 0.05) is 13.1 Å². The first kappa shape index (κ1) is 18.3. The monoisotopic (exact) mass is 340 g/mol. The molecule has 1 aromatic carbocycles. The van der Waals surface area contributed by atoms with Gasteiger partial charge in [-0.05, 0) is 24.3 Å². The van der Waals surface area contributed by atoms with Crippen LogP contribution in [0.25, 0.3) is 0 Å². The Kier molecular flexibility index (Phi) is 7.60. The molecule has 1 saturated heterocycles. The lowest BCUT2D eigenvalue weighted by molar-refractivity contribution is -0.659. The largest absolute Gasteiger partial charge is 0.508 e. The molecule has 5 N–H and O–H groups in total. The van der Waals surface area contributed by atoms with Crippen molar-refractivity contribution in [2.75, 3.05) is 52.5 Å². The highest BCUT2D eigenvalue weighted by atomic mass is 16.5. The number of nitrogens with zero attached hydrogens (tertiary/aromatic N) is 1. The Hall–Kier alpha value is -2.03. The minimum absolute atomic E-state index is 0.0667. The number of morpholine rings is 1. The molecule has 2 rings (SSSR count). The van der Waals surface area contributed by atoms with E-state index in [9.17, 15) is 15.0 Å². The van der Waals surface area contributed by atoms with E-state index in [0.717, 1.165) is 0 Å². The molecule has 1 aliphatic heterocycles. The van der Waals surface area contributed by atoms with Gasteiger partial charge >= 0.3 is 6.03 Å². The number of nitrogens with two attached hydrogens (primary N) is 1. The van der Waals surface area contributed by atoms with Crippen molar-refractivity contribution in [3.05, 3.63) is 24.3 Å². The van der Waals surface area contributed by atoms with Crippen LogP contribution in [0.1, 0.15) is 0 Å². The summed E-state index contributed by atoms with van der Waals surface area (Å²) < 4.78 is 10.6. The lowest BCUT2D eigenvalue weighted by Crippen LogP contribution is -2.88. The molecule has 0 saturated carbocycles. The fraction of sp³-hybridized carbons (Fsp3) is 0.562. The maximum absolute atomic E-state index is 11.8. The molecule has 1 aromatic rings. The summed E-state index contributed by atoms with van der Waals surface area (Å²) >= 11 is 0. The second-order valence-corrected chi connectivity index (χ2v) is 5.60. The summed E-state index contributed by atoms with van der Waals surface area (Å²) in [5.41, 5.74) is 0. The van der Waals surface area contributed by atoms with Gasteiger partial charge in [0.05, 0.1) is 26.3 Å². The molecule has 0 aliphatic carbocycles. The van der Waals surface area contributed by atoms with Crippen LogP contribution in [0.2, 0.25) is 0 Å². The van der Waals surface area contributed by atoms with Crippen LogP contribution in [-0.2, 0) is 4.74 Å². The quantitative estimate of drug-likeness (QED) is 0.442. The molecule has 8 nitrogen and oxygen atoms in total. The number of urea groups is 1. The predicted octanol–water partition coefficient (Wildman–Crippen LogP) is -1.26. The van der Waals surface area contributed by atoms with Crippen molar-refractivity contribution in [1.82, 2.24) is 10.2 Å². The van der Waals surface area contributed by atoms with Crippen LogP contribution < -0.4 is 15.4 Å². The second kappa shape index (κ2) is 9.96. The topological polar surface area (TPSA) is 108 Å². The molecule has 2 amide bonds. The molecule has 8 heteroatoms. The van der Waals surface area contributed by atoms with Gasteiger partial charge < -0.3 is 35.2 Å². The summed E-state index contributed by atoms with van der Waals surface area (Å²) in [6.07, 6.45) is -0.603. The number of aliphatic hydroxyl groups excluding tert-OH is 1. The number of amides is 2. The van der Waals surface area contributed by atoms with Crippen LogP contribution in [0, 0.1) is 0 Å². The third-order valence-corrected chi connectivity index (χ3v) is 3.64. The van der Waals surface area contributed by atoms with Gasteiger partial charge in [0.25, 0.3) is 0 Å². The summed E-state index contributed by atoms with van der Waals surface area (Å²) in [5, 5.41) is 23.8. The zero-order chi connectivity index (χ0) is 17.2. The molecule has 0 radical (unpaired) electrons. The minimum atomic E-state index is -0.603. The van der Waals surface area contributed by atoms with Gasteiger partial charge in [0.1, 0.15) is 30.8 Å². The Labute approximate surface area is 141 Å². The number of aromatic hydroxyl groups is 1. The number of carbonyl (C=O) groups excluding carboxylic acids is 1. The van der Waals surface area contributed by atoms with Crippen molar-refractivity contribution < 1.29 is 29.8 Å². The van der Waals surface area contributed by atoms with Crippen LogP contribution >= 0.6 is 0 Å². The average molecular weight is 340 g/mol. The van der Waals surface area contributed by atoms with Crippen LogP contribution in [-0.4, -0.2) is 79.8 Å². The number of hydrogen-bond donors (Lipinski definition) is 4. The maximum atomic E-state index is 11.8. The summed E-state index contributed by atoms with van der Waals surface area (Å²) in [6, 6.07) is 6.29. The van der Waals surface area contributed by atoms with E-state index in [1.807, 2.05) is 5.32 Å². The van der Waals surface area contributed by atoms with Gasteiger partial charge in [-0.3, -0.25) is 0 Å². The number of benzene rings is 1. The fourth-order valence-corrected chi connectivity index (χ4v) is 2.27.